The van der Waals surface area contributed by atoms with Gasteiger partial charge < -0.3 is 5.32 Å². The van der Waals surface area contributed by atoms with Crippen molar-refractivity contribution in [1.82, 2.24) is 30.8 Å². The molecule has 0 radical (unpaired) electrons. The van der Waals surface area contributed by atoms with Gasteiger partial charge in [-0.05, 0) is 30.0 Å². The Morgan fingerprint density at radius 2 is 2.29 bits per heavy atom. The Balaban J connectivity index is 1.87. The van der Waals surface area contributed by atoms with Gasteiger partial charge in [0.1, 0.15) is 6.54 Å². The number of urea groups is 1. The Labute approximate surface area is 125 Å². The van der Waals surface area contributed by atoms with Gasteiger partial charge in [-0.1, -0.05) is 6.92 Å². The number of carbonyl (C=O) groups is 2. The maximum Gasteiger partial charge on any atom is 0.321 e. The second-order valence-corrected chi connectivity index (χ2v) is 5.27. The molecule has 2 aromatic heterocycles. The minimum Gasteiger partial charge on any atom is -0.335 e. The Kier molecular flexibility index (Phi) is 4.99. The van der Waals surface area contributed by atoms with Crippen LogP contribution in [0.1, 0.15) is 20.3 Å². The average Bonchev–Trinajstić information content (AvgIpc) is 3.08. The number of carbonyl (C=O) groups excluding carboxylic acids is 2. The normalized spacial score (nSPS) is 11.9. The number of hydrogen-bond donors (Lipinski definition) is 2. The van der Waals surface area contributed by atoms with E-state index in [0.29, 0.717) is 5.82 Å². The maximum atomic E-state index is 11.7. The number of imide groups is 1. The summed E-state index contributed by atoms with van der Waals surface area (Å²) in [5, 5.41) is 20.4. The first kappa shape index (κ1) is 15.1. The summed E-state index contributed by atoms with van der Waals surface area (Å²) in [5.74, 6) is -0.0434. The van der Waals surface area contributed by atoms with E-state index in [1.54, 1.807) is 0 Å². The third kappa shape index (κ3) is 4.35. The van der Waals surface area contributed by atoms with Crippen molar-refractivity contribution in [3.8, 4) is 11.4 Å². The highest BCUT2D eigenvalue weighted by Gasteiger charge is 2.13. The molecule has 8 nitrogen and oxygen atoms in total. The van der Waals surface area contributed by atoms with Crippen LogP contribution in [0.2, 0.25) is 0 Å². The lowest BCUT2D eigenvalue weighted by Gasteiger charge is -2.11. The van der Waals surface area contributed by atoms with Crippen molar-refractivity contribution in [2.24, 2.45) is 0 Å². The van der Waals surface area contributed by atoms with Crippen LogP contribution in [0, 0.1) is 0 Å². The van der Waals surface area contributed by atoms with Gasteiger partial charge in [0, 0.05) is 17.0 Å². The van der Waals surface area contributed by atoms with Crippen LogP contribution in [0.4, 0.5) is 4.79 Å². The van der Waals surface area contributed by atoms with E-state index in [4.69, 9.17) is 0 Å². The van der Waals surface area contributed by atoms with Crippen molar-refractivity contribution in [2.45, 2.75) is 32.9 Å². The first-order valence-electron chi connectivity index (χ1n) is 6.49. The van der Waals surface area contributed by atoms with Gasteiger partial charge in [0.25, 0.3) is 5.91 Å². The lowest BCUT2D eigenvalue weighted by molar-refractivity contribution is -0.121. The molecule has 2 rings (SSSR count). The Bertz CT molecular complexity index is 609. The Morgan fingerprint density at radius 1 is 1.48 bits per heavy atom. The summed E-state index contributed by atoms with van der Waals surface area (Å²) in [6.07, 6.45) is 0.788. The van der Waals surface area contributed by atoms with Crippen molar-refractivity contribution < 1.29 is 9.59 Å². The monoisotopic (exact) mass is 308 g/mol. The molecule has 2 aromatic rings. The van der Waals surface area contributed by atoms with E-state index < -0.39 is 11.9 Å². The largest absolute Gasteiger partial charge is 0.335 e. The Morgan fingerprint density at radius 3 is 2.95 bits per heavy atom. The van der Waals surface area contributed by atoms with E-state index in [-0.39, 0.29) is 12.6 Å². The minimum atomic E-state index is -0.521. The van der Waals surface area contributed by atoms with E-state index in [9.17, 15) is 9.59 Å². The van der Waals surface area contributed by atoms with Crippen molar-refractivity contribution >= 4 is 23.3 Å². The molecule has 0 saturated heterocycles. The zero-order valence-corrected chi connectivity index (χ0v) is 12.6. The zero-order chi connectivity index (χ0) is 15.2. The standard InChI is InChI=1S/C12H16N6O2S/c1-3-8(2)13-12(20)14-10(19)6-18-16-11(15-17-18)9-4-5-21-7-9/h4-5,7-8H,3,6H2,1-2H3,(H2,13,14,19,20)/t8-/m1/s1. The molecular weight excluding hydrogens is 292 g/mol. The molecule has 0 aliphatic heterocycles. The van der Waals surface area contributed by atoms with Gasteiger partial charge in [-0.3, -0.25) is 10.1 Å². The topological polar surface area (TPSA) is 102 Å². The molecule has 0 aliphatic rings. The molecular formula is C12H16N6O2S. The van der Waals surface area contributed by atoms with Gasteiger partial charge in [-0.25, -0.2) is 4.79 Å². The number of aromatic nitrogens is 4. The molecule has 0 aliphatic carbocycles. The van der Waals surface area contributed by atoms with Crippen molar-refractivity contribution in [3.05, 3.63) is 16.8 Å². The fourth-order valence-corrected chi connectivity index (χ4v) is 2.11. The van der Waals surface area contributed by atoms with Crippen LogP contribution in [0.25, 0.3) is 11.4 Å². The molecule has 2 N–H and O–H groups in total. The van der Waals surface area contributed by atoms with E-state index in [1.165, 1.54) is 11.3 Å². The number of amides is 3. The first-order valence-corrected chi connectivity index (χ1v) is 7.43. The summed E-state index contributed by atoms with van der Waals surface area (Å²) in [7, 11) is 0. The van der Waals surface area contributed by atoms with Gasteiger partial charge in [-0.15, -0.1) is 10.2 Å². The zero-order valence-electron chi connectivity index (χ0n) is 11.7. The molecule has 0 unspecified atom stereocenters. The van der Waals surface area contributed by atoms with Gasteiger partial charge in [0.2, 0.25) is 5.82 Å². The van der Waals surface area contributed by atoms with Gasteiger partial charge in [-0.2, -0.15) is 16.1 Å². The SMILES string of the molecule is CC[C@@H](C)NC(=O)NC(=O)Cn1nnc(-c2ccsc2)n1. The van der Waals surface area contributed by atoms with Crippen molar-refractivity contribution in [1.29, 1.82) is 0 Å². The van der Waals surface area contributed by atoms with Crippen LogP contribution < -0.4 is 10.6 Å². The molecule has 1 atom stereocenters. The summed E-state index contributed by atoms with van der Waals surface area (Å²) in [4.78, 5) is 24.3. The predicted octanol–water partition coefficient (Wildman–Crippen LogP) is 1.03. The predicted molar refractivity (Wildman–Crippen MR) is 77.6 cm³/mol. The van der Waals surface area contributed by atoms with E-state index in [1.807, 2.05) is 30.7 Å². The molecule has 112 valence electrons. The summed E-state index contributed by atoms with van der Waals surface area (Å²) < 4.78 is 0. The number of rotatable bonds is 5. The summed E-state index contributed by atoms with van der Waals surface area (Å²) in [6, 6.07) is 1.35. The smallest absolute Gasteiger partial charge is 0.321 e. The molecule has 0 fully saturated rings. The van der Waals surface area contributed by atoms with Crippen LogP contribution in [-0.2, 0) is 11.3 Å². The maximum absolute atomic E-state index is 11.7. The third-order valence-corrected chi connectivity index (χ3v) is 3.44. The summed E-state index contributed by atoms with van der Waals surface area (Å²) in [6.45, 7) is 3.64. The van der Waals surface area contributed by atoms with Crippen LogP contribution in [-0.4, -0.2) is 38.2 Å². The van der Waals surface area contributed by atoms with Crippen LogP contribution in [0.15, 0.2) is 16.8 Å². The fourth-order valence-electron chi connectivity index (χ4n) is 1.47. The van der Waals surface area contributed by atoms with E-state index >= 15 is 0 Å². The molecule has 0 bridgehead atoms. The quantitative estimate of drug-likeness (QED) is 0.859. The third-order valence-electron chi connectivity index (χ3n) is 2.76. The van der Waals surface area contributed by atoms with E-state index in [2.05, 4.69) is 26.0 Å². The molecule has 9 heteroatoms. The minimum absolute atomic E-state index is 0.00693. The van der Waals surface area contributed by atoms with Crippen LogP contribution in [0.3, 0.4) is 0 Å². The molecule has 21 heavy (non-hydrogen) atoms. The molecule has 0 spiro atoms. The summed E-state index contributed by atoms with van der Waals surface area (Å²) in [5.41, 5.74) is 0.848. The van der Waals surface area contributed by atoms with Crippen molar-refractivity contribution in [2.75, 3.05) is 0 Å². The lowest BCUT2D eigenvalue weighted by atomic mass is 10.3. The van der Waals surface area contributed by atoms with Gasteiger partial charge in [0.05, 0.1) is 0 Å². The van der Waals surface area contributed by atoms with Gasteiger partial charge in [0.15, 0.2) is 0 Å². The fraction of sp³-hybridized carbons (Fsp3) is 0.417. The number of thiophene rings is 1. The van der Waals surface area contributed by atoms with Crippen LogP contribution in [0.5, 0.6) is 0 Å². The van der Waals surface area contributed by atoms with E-state index in [0.717, 1.165) is 16.8 Å². The number of nitrogens with one attached hydrogen (secondary N) is 2. The molecule has 0 aromatic carbocycles. The molecule has 0 saturated carbocycles. The van der Waals surface area contributed by atoms with Gasteiger partial charge >= 0.3 is 6.03 Å². The lowest BCUT2D eigenvalue weighted by Crippen LogP contribution is -2.44. The van der Waals surface area contributed by atoms with Crippen molar-refractivity contribution in [3.63, 3.8) is 0 Å². The molecule has 3 amide bonds. The number of tetrazole rings is 1. The second-order valence-electron chi connectivity index (χ2n) is 4.49. The highest BCUT2D eigenvalue weighted by Crippen LogP contribution is 2.16. The summed E-state index contributed by atoms with van der Waals surface area (Å²) >= 11 is 1.52. The highest BCUT2D eigenvalue weighted by atomic mass is 32.1. The first-order chi connectivity index (χ1) is 10.1. The second kappa shape index (κ2) is 6.93. The number of hydrogen-bond acceptors (Lipinski definition) is 6. The van der Waals surface area contributed by atoms with Crippen LogP contribution >= 0.6 is 11.3 Å². The highest BCUT2D eigenvalue weighted by molar-refractivity contribution is 7.08. The molecule has 2 heterocycles. The average molecular weight is 308 g/mol. The Hall–Kier alpha value is -2.29. The number of nitrogens with zero attached hydrogens (tertiary/aromatic N) is 4.